The molecule has 0 amide bonds. The van der Waals surface area contributed by atoms with E-state index in [1.165, 1.54) is 12.8 Å². The number of nitrogens with zero attached hydrogens (tertiary/aromatic N) is 4. The number of hydrogen-bond donors (Lipinski definition) is 1. The van der Waals surface area contributed by atoms with Gasteiger partial charge in [-0.25, -0.2) is 9.97 Å². The fourth-order valence-electron chi connectivity index (χ4n) is 2.71. The summed E-state index contributed by atoms with van der Waals surface area (Å²) < 4.78 is 0. The number of anilines is 1. The molecule has 0 aromatic carbocycles. The highest BCUT2D eigenvalue weighted by molar-refractivity contribution is 5.28. The molecule has 1 aromatic rings. The average Bonchev–Trinajstić information content (AvgIpc) is 2.47. The zero-order valence-electron chi connectivity index (χ0n) is 12.6. The van der Waals surface area contributed by atoms with E-state index in [-0.39, 0.29) is 6.10 Å². The Balaban J connectivity index is 1.71. The lowest BCUT2D eigenvalue weighted by Gasteiger charge is -2.34. The monoisotopic (exact) mass is 278 g/mol. The Hall–Kier alpha value is -1.20. The van der Waals surface area contributed by atoms with E-state index in [1.54, 1.807) is 12.4 Å². The highest BCUT2D eigenvalue weighted by atomic mass is 16.3. The quantitative estimate of drug-likeness (QED) is 0.852. The van der Waals surface area contributed by atoms with E-state index in [0.29, 0.717) is 0 Å². The van der Waals surface area contributed by atoms with Crippen molar-refractivity contribution in [1.29, 1.82) is 0 Å². The third-order valence-corrected chi connectivity index (χ3v) is 3.95. The summed E-state index contributed by atoms with van der Waals surface area (Å²) in [7, 11) is 2.15. The lowest BCUT2D eigenvalue weighted by atomic mass is 9.96. The van der Waals surface area contributed by atoms with Crippen LogP contribution < -0.4 is 4.90 Å². The molecule has 0 aliphatic carbocycles. The first-order valence-electron chi connectivity index (χ1n) is 7.53. The molecule has 2 rings (SSSR count). The van der Waals surface area contributed by atoms with Crippen molar-refractivity contribution in [3.05, 3.63) is 18.5 Å². The highest BCUT2D eigenvalue weighted by Crippen LogP contribution is 2.20. The Kier molecular flexibility index (Phi) is 5.73. The van der Waals surface area contributed by atoms with Crippen LogP contribution in [0.25, 0.3) is 0 Å². The SMILES string of the molecule is CC(O)CCN(C)CC1CCN(c2ncccn2)CC1. The van der Waals surface area contributed by atoms with Gasteiger partial charge in [0, 0.05) is 38.6 Å². The van der Waals surface area contributed by atoms with E-state index < -0.39 is 0 Å². The molecule has 1 atom stereocenters. The van der Waals surface area contributed by atoms with Gasteiger partial charge in [0.25, 0.3) is 0 Å². The summed E-state index contributed by atoms with van der Waals surface area (Å²) in [5, 5.41) is 9.32. The van der Waals surface area contributed by atoms with Gasteiger partial charge in [0.15, 0.2) is 0 Å². The first kappa shape index (κ1) is 15.2. The molecule has 1 fully saturated rings. The molecule has 1 aromatic heterocycles. The Labute approximate surface area is 121 Å². The van der Waals surface area contributed by atoms with E-state index in [0.717, 1.165) is 44.5 Å². The summed E-state index contributed by atoms with van der Waals surface area (Å²) in [5.41, 5.74) is 0. The van der Waals surface area contributed by atoms with Crippen molar-refractivity contribution in [2.45, 2.75) is 32.3 Å². The first-order chi connectivity index (χ1) is 9.65. The zero-order valence-corrected chi connectivity index (χ0v) is 12.6. The number of aliphatic hydroxyl groups excluding tert-OH is 1. The third-order valence-electron chi connectivity index (χ3n) is 3.95. The van der Waals surface area contributed by atoms with Gasteiger partial charge >= 0.3 is 0 Å². The lowest BCUT2D eigenvalue weighted by Crippen LogP contribution is -2.39. The van der Waals surface area contributed by atoms with Crippen molar-refractivity contribution in [1.82, 2.24) is 14.9 Å². The highest BCUT2D eigenvalue weighted by Gasteiger charge is 2.21. The topological polar surface area (TPSA) is 52.5 Å². The number of rotatable bonds is 6. The second-order valence-electron chi connectivity index (χ2n) is 5.88. The van der Waals surface area contributed by atoms with E-state index in [4.69, 9.17) is 0 Å². The van der Waals surface area contributed by atoms with Gasteiger partial charge in [0.1, 0.15) is 0 Å². The Morgan fingerprint density at radius 2 is 2.00 bits per heavy atom. The van der Waals surface area contributed by atoms with Gasteiger partial charge in [-0.2, -0.15) is 0 Å². The molecule has 0 bridgehead atoms. The van der Waals surface area contributed by atoms with E-state index >= 15 is 0 Å². The summed E-state index contributed by atoms with van der Waals surface area (Å²) in [6.45, 7) is 6.03. The van der Waals surface area contributed by atoms with Crippen LogP contribution in [0.2, 0.25) is 0 Å². The number of piperidine rings is 1. The molecule has 5 heteroatoms. The Morgan fingerprint density at radius 1 is 1.35 bits per heavy atom. The van der Waals surface area contributed by atoms with Gasteiger partial charge in [-0.3, -0.25) is 0 Å². The van der Waals surface area contributed by atoms with Crippen LogP contribution in [0, 0.1) is 5.92 Å². The molecular formula is C15H26N4O. The first-order valence-corrected chi connectivity index (χ1v) is 7.53. The minimum Gasteiger partial charge on any atom is -0.393 e. The largest absolute Gasteiger partial charge is 0.393 e. The van der Waals surface area contributed by atoms with Gasteiger partial charge in [0.05, 0.1) is 6.10 Å². The van der Waals surface area contributed by atoms with Crippen LogP contribution in [-0.4, -0.2) is 59.3 Å². The van der Waals surface area contributed by atoms with Gasteiger partial charge in [-0.15, -0.1) is 0 Å². The second kappa shape index (κ2) is 7.55. The predicted octanol–water partition coefficient (Wildman–Crippen LogP) is 1.40. The zero-order chi connectivity index (χ0) is 14.4. The van der Waals surface area contributed by atoms with E-state index in [2.05, 4.69) is 26.8 Å². The number of hydrogen-bond acceptors (Lipinski definition) is 5. The molecule has 2 heterocycles. The van der Waals surface area contributed by atoms with Crippen molar-refractivity contribution in [2.75, 3.05) is 38.1 Å². The summed E-state index contributed by atoms with van der Waals surface area (Å²) in [4.78, 5) is 13.2. The molecule has 1 saturated heterocycles. The van der Waals surface area contributed by atoms with Crippen LogP contribution in [0.3, 0.4) is 0 Å². The van der Waals surface area contributed by atoms with Crippen LogP contribution in [0.15, 0.2) is 18.5 Å². The van der Waals surface area contributed by atoms with Crippen LogP contribution in [0.4, 0.5) is 5.95 Å². The maximum atomic E-state index is 9.32. The van der Waals surface area contributed by atoms with Crippen LogP contribution >= 0.6 is 0 Å². The van der Waals surface area contributed by atoms with Crippen LogP contribution in [0.1, 0.15) is 26.2 Å². The van der Waals surface area contributed by atoms with Crippen molar-refractivity contribution in [2.24, 2.45) is 5.92 Å². The standard InChI is InChI=1S/C15H26N4O/c1-13(20)4-9-18(2)12-14-5-10-19(11-6-14)15-16-7-3-8-17-15/h3,7-8,13-14,20H,4-6,9-12H2,1-2H3. The van der Waals surface area contributed by atoms with Gasteiger partial charge < -0.3 is 14.9 Å². The van der Waals surface area contributed by atoms with E-state index in [1.807, 2.05) is 13.0 Å². The minimum atomic E-state index is -0.200. The molecule has 1 aliphatic rings. The fourth-order valence-corrected chi connectivity index (χ4v) is 2.71. The number of aromatic nitrogens is 2. The van der Waals surface area contributed by atoms with Crippen molar-refractivity contribution < 1.29 is 5.11 Å². The van der Waals surface area contributed by atoms with Crippen molar-refractivity contribution >= 4 is 5.95 Å². The molecule has 1 aliphatic heterocycles. The molecule has 0 radical (unpaired) electrons. The summed E-state index contributed by atoms with van der Waals surface area (Å²) in [5.74, 6) is 1.60. The number of aliphatic hydroxyl groups is 1. The lowest BCUT2D eigenvalue weighted by molar-refractivity contribution is 0.155. The maximum Gasteiger partial charge on any atom is 0.225 e. The maximum absolute atomic E-state index is 9.32. The second-order valence-corrected chi connectivity index (χ2v) is 5.88. The Morgan fingerprint density at radius 3 is 2.60 bits per heavy atom. The van der Waals surface area contributed by atoms with Crippen LogP contribution in [0.5, 0.6) is 0 Å². The third kappa shape index (κ3) is 4.72. The fraction of sp³-hybridized carbons (Fsp3) is 0.733. The summed E-state index contributed by atoms with van der Waals surface area (Å²) >= 11 is 0. The Bertz CT molecular complexity index is 377. The van der Waals surface area contributed by atoms with Crippen molar-refractivity contribution in [3.8, 4) is 0 Å². The molecule has 0 spiro atoms. The molecular weight excluding hydrogens is 252 g/mol. The smallest absolute Gasteiger partial charge is 0.225 e. The van der Waals surface area contributed by atoms with E-state index in [9.17, 15) is 5.11 Å². The molecule has 0 saturated carbocycles. The van der Waals surface area contributed by atoms with Gasteiger partial charge in [0.2, 0.25) is 5.95 Å². The minimum absolute atomic E-state index is 0.200. The van der Waals surface area contributed by atoms with Gasteiger partial charge in [-0.1, -0.05) is 0 Å². The molecule has 112 valence electrons. The molecule has 1 unspecified atom stereocenters. The average molecular weight is 278 g/mol. The predicted molar refractivity (Wildman–Crippen MR) is 80.8 cm³/mol. The summed E-state index contributed by atoms with van der Waals surface area (Å²) in [6.07, 6.45) is 6.65. The molecule has 1 N–H and O–H groups in total. The molecule has 5 nitrogen and oxygen atoms in total. The normalized spacial score (nSPS) is 18.5. The summed E-state index contributed by atoms with van der Waals surface area (Å²) in [6, 6.07) is 1.85. The van der Waals surface area contributed by atoms with Crippen molar-refractivity contribution in [3.63, 3.8) is 0 Å². The van der Waals surface area contributed by atoms with Gasteiger partial charge in [-0.05, 0) is 45.2 Å². The van der Waals surface area contributed by atoms with Crippen LogP contribution in [-0.2, 0) is 0 Å². The molecule has 20 heavy (non-hydrogen) atoms.